The molecule has 2 rings (SSSR count). The van der Waals surface area contributed by atoms with Crippen molar-refractivity contribution in [2.75, 3.05) is 5.32 Å². The van der Waals surface area contributed by atoms with Crippen molar-refractivity contribution in [2.24, 2.45) is 0 Å². The Kier molecular flexibility index (Phi) is 3.14. The number of halogens is 5. The zero-order valence-corrected chi connectivity index (χ0v) is 8.65. The van der Waals surface area contributed by atoms with Crippen LogP contribution in [0.25, 0.3) is 0 Å². The summed E-state index contributed by atoms with van der Waals surface area (Å²) in [5.41, 5.74) is -1.13. The van der Waals surface area contributed by atoms with Crippen LogP contribution in [0.2, 0.25) is 0 Å². The fraction of sp³-hybridized carbons (Fsp3) is 0. The molecule has 0 saturated carbocycles. The van der Waals surface area contributed by atoms with Gasteiger partial charge in [-0.15, -0.1) is 0 Å². The van der Waals surface area contributed by atoms with Crippen molar-refractivity contribution in [2.45, 2.75) is 0 Å². The molecule has 0 bridgehead atoms. The summed E-state index contributed by atoms with van der Waals surface area (Å²) in [6.45, 7) is 0. The largest absolute Gasteiger partial charge is 0.335 e. The summed E-state index contributed by atoms with van der Waals surface area (Å²) >= 11 is 0. The van der Waals surface area contributed by atoms with Gasteiger partial charge in [-0.05, 0) is 12.1 Å². The molecule has 0 aliphatic carbocycles. The van der Waals surface area contributed by atoms with E-state index in [0.29, 0.717) is 0 Å². The van der Waals surface area contributed by atoms with Crippen LogP contribution < -0.4 is 5.32 Å². The lowest BCUT2D eigenvalue weighted by atomic mass is 10.2. The van der Waals surface area contributed by atoms with E-state index in [1.54, 1.807) is 0 Å². The number of nitrogens with zero attached hydrogens (tertiary/aromatic N) is 1. The maximum absolute atomic E-state index is 13.3. The van der Waals surface area contributed by atoms with E-state index < -0.39 is 34.8 Å². The summed E-state index contributed by atoms with van der Waals surface area (Å²) in [5.74, 6) is -10.1. The zero-order valence-electron chi connectivity index (χ0n) is 8.65. The van der Waals surface area contributed by atoms with E-state index in [1.165, 1.54) is 24.4 Å². The first-order chi connectivity index (χ1) is 8.52. The first kappa shape index (κ1) is 12.3. The molecule has 1 aromatic heterocycles. The van der Waals surface area contributed by atoms with Gasteiger partial charge < -0.3 is 5.32 Å². The van der Waals surface area contributed by atoms with Gasteiger partial charge in [0.25, 0.3) is 0 Å². The third kappa shape index (κ3) is 1.99. The minimum Gasteiger partial charge on any atom is -0.335 e. The van der Waals surface area contributed by atoms with Gasteiger partial charge in [-0.25, -0.2) is 26.9 Å². The third-order valence-electron chi connectivity index (χ3n) is 2.13. The summed E-state index contributed by atoms with van der Waals surface area (Å²) < 4.78 is 65.1. The predicted molar refractivity (Wildman–Crippen MR) is 53.8 cm³/mol. The number of hydrogen-bond donors (Lipinski definition) is 1. The second-order valence-electron chi connectivity index (χ2n) is 3.28. The van der Waals surface area contributed by atoms with Gasteiger partial charge in [0.2, 0.25) is 5.82 Å². The van der Waals surface area contributed by atoms with Crippen molar-refractivity contribution in [3.05, 3.63) is 53.5 Å². The SMILES string of the molecule is Fc1c(F)c(F)c(Nc2ccccn2)c(F)c1F. The van der Waals surface area contributed by atoms with Crippen molar-refractivity contribution in [1.82, 2.24) is 4.98 Å². The number of pyridine rings is 1. The Balaban J connectivity index is 2.52. The fourth-order valence-corrected chi connectivity index (χ4v) is 1.28. The summed E-state index contributed by atoms with van der Waals surface area (Å²) in [6, 6.07) is 4.34. The number of benzene rings is 1. The molecule has 0 unspecified atom stereocenters. The van der Waals surface area contributed by atoms with Gasteiger partial charge in [0.1, 0.15) is 11.5 Å². The molecule has 0 aliphatic rings. The van der Waals surface area contributed by atoms with Crippen LogP contribution in [0.3, 0.4) is 0 Å². The minimum atomic E-state index is -2.20. The molecule has 0 aliphatic heterocycles. The number of aromatic nitrogens is 1. The third-order valence-corrected chi connectivity index (χ3v) is 2.13. The quantitative estimate of drug-likeness (QED) is 0.507. The van der Waals surface area contributed by atoms with Crippen molar-refractivity contribution in [3.8, 4) is 0 Å². The molecular weight excluding hydrogens is 255 g/mol. The first-order valence-corrected chi connectivity index (χ1v) is 4.72. The lowest BCUT2D eigenvalue weighted by Crippen LogP contribution is -2.07. The maximum atomic E-state index is 13.3. The number of anilines is 2. The van der Waals surface area contributed by atoms with Crippen molar-refractivity contribution >= 4 is 11.5 Å². The summed E-state index contributed by atoms with van der Waals surface area (Å²) in [5, 5.41) is 2.04. The van der Waals surface area contributed by atoms with Gasteiger partial charge in [-0.1, -0.05) is 6.07 Å². The lowest BCUT2D eigenvalue weighted by Gasteiger charge is -2.09. The van der Waals surface area contributed by atoms with E-state index in [9.17, 15) is 22.0 Å². The molecule has 2 nitrogen and oxygen atoms in total. The Hall–Kier alpha value is -2.18. The Morgan fingerprint density at radius 3 is 1.83 bits per heavy atom. The molecule has 1 heterocycles. The van der Waals surface area contributed by atoms with Crippen LogP contribution in [0, 0.1) is 29.1 Å². The molecular formula is C11H5F5N2. The Labute approximate surface area is 98.1 Å². The Morgan fingerprint density at radius 2 is 1.33 bits per heavy atom. The van der Waals surface area contributed by atoms with Crippen LogP contribution in [-0.2, 0) is 0 Å². The van der Waals surface area contributed by atoms with E-state index in [1.807, 2.05) is 5.32 Å². The predicted octanol–water partition coefficient (Wildman–Crippen LogP) is 3.52. The molecule has 1 N–H and O–H groups in total. The van der Waals surface area contributed by atoms with Crippen molar-refractivity contribution < 1.29 is 22.0 Å². The lowest BCUT2D eigenvalue weighted by molar-refractivity contribution is 0.382. The second kappa shape index (κ2) is 4.59. The number of hydrogen-bond acceptors (Lipinski definition) is 2. The topological polar surface area (TPSA) is 24.9 Å². The normalized spacial score (nSPS) is 10.5. The highest BCUT2D eigenvalue weighted by molar-refractivity contribution is 5.58. The highest BCUT2D eigenvalue weighted by Crippen LogP contribution is 2.28. The minimum absolute atomic E-state index is 0.0410. The summed E-state index contributed by atoms with van der Waals surface area (Å²) in [7, 11) is 0. The molecule has 0 amide bonds. The van der Waals surface area contributed by atoms with E-state index in [-0.39, 0.29) is 5.82 Å². The molecule has 1 aromatic carbocycles. The maximum Gasteiger partial charge on any atom is 0.200 e. The smallest absolute Gasteiger partial charge is 0.200 e. The van der Waals surface area contributed by atoms with E-state index >= 15 is 0 Å². The van der Waals surface area contributed by atoms with Crippen LogP contribution in [-0.4, -0.2) is 4.98 Å². The second-order valence-corrected chi connectivity index (χ2v) is 3.28. The van der Waals surface area contributed by atoms with Gasteiger partial charge >= 0.3 is 0 Å². The van der Waals surface area contributed by atoms with E-state index in [2.05, 4.69) is 4.98 Å². The molecule has 0 saturated heterocycles. The van der Waals surface area contributed by atoms with E-state index in [4.69, 9.17) is 0 Å². The average Bonchev–Trinajstić information content (AvgIpc) is 2.40. The Bertz CT molecular complexity index is 557. The highest BCUT2D eigenvalue weighted by Gasteiger charge is 2.25. The highest BCUT2D eigenvalue weighted by atomic mass is 19.2. The van der Waals surface area contributed by atoms with Gasteiger partial charge in [-0.3, -0.25) is 0 Å². The van der Waals surface area contributed by atoms with Gasteiger partial charge in [-0.2, -0.15) is 0 Å². The Morgan fingerprint density at radius 1 is 0.778 bits per heavy atom. The zero-order chi connectivity index (χ0) is 13.3. The van der Waals surface area contributed by atoms with Crippen LogP contribution >= 0.6 is 0 Å². The van der Waals surface area contributed by atoms with Crippen LogP contribution in [0.4, 0.5) is 33.5 Å². The van der Waals surface area contributed by atoms with Crippen LogP contribution in [0.15, 0.2) is 24.4 Å². The van der Waals surface area contributed by atoms with Crippen LogP contribution in [0.1, 0.15) is 0 Å². The van der Waals surface area contributed by atoms with Crippen LogP contribution in [0.5, 0.6) is 0 Å². The molecule has 7 heteroatoms. The average molecular weight is 260 g/mol. The van der Waals surface area contributed by atoms with Crippen molar-refractivity contribution in [3.63, 3.8) is 0 Å². The first-order valence-electron chi connectivity index (χ1n) is 4.72. The molecule has 0 fully saturated rings. The van der Waals surface area contributed by atoms with Crippen molar-refractivity contribution in [1.29, 1.82) is 0 Å². The van der Waals surface area contributed by atoms with Gasteiger partial charge in [0.15, 0.2) is 23.3 Å². The molecule has 0 spiro atoms. The number of nitrogens with one attached hydrogen (secondary N) is 1. The van der Waals surface area contributed by atoms with Gasteiger partial charge in [0.05, 0.1) is 0 Å². The summed E-state index contributed by atoms with van der Waals surface area (Å²) in [4.78, 5) is 3.65. The fourth-order valence-electron chi connectivity index (χ4n) is 1.28. The summed E-state index contributed by atoms with van der Waals surface area (Å²) in [6.07, 6.45) is 1.30. The molecule has 0 atom stereocenters. The molecule has 94 valence electrons. The standard InChI is InChI=1S/C11H5F5N2/c12-6-7(13)9(15)11(10(16)8(6)14)18-5-3-1-2-4-17-5/h1-4H,(H,17,18). The monoisotopic (exact) mass is 260 g/mol. The van der Waals surface area contributed by atoms with Gasteiger partial charge in [0, 0.05) is 6.20 Å². The molecule has 2 aromatic rings. The molecule has 0 radical (unpaired) electrons. The van der Waals surface area contributed by atoms with E-state index in [0.717, 1.165) is 0 Å². The molecule has 18 heavy (non-hydrogen) atoms. The number of rotatable bonds is 2.